The van der Waals surface area contributed by atoms with Crippen LogP contribution in [0, 0.1) is 5.92 Å². The van der Waals surface area contributed by atoms with E-state index in [1.54, 1.807) is 17.2 Å². The van der Waals surface area contributed by atoms with Crippen molar-refractivity contribution in [2.45, 2.75) is 20.4 Å². The van der Waals surface area contributed by atoms with Crippen LogP contribution in [0.25, 0.3) is 0 Å². The largest absolute Gasteiger partial charge is 0.313 e. The molecule has 60 valence electrons. The molecule has 0 atom stereocenters. The third kappa shape index (κ3) is 2.14. The van der Waals surface area contributed by atoms with Gasteiger partial charge < -0.3 is 4.57 Å². The van der Waals surface area contributed by atoms with Crippen LogP contribution in [0.3, 0.4) is 0 Å². The molecular formula is C7H11N3O. The molecule has 0 aliphatic heterocycles. The Kier molecular flexibility index (Phi) is 2.36. The highest BCUT2D eigenvalue weighted by Gasteiger charge is 2.06. The van der Waals surface area contributed by atoms with Crippen molar-refractivity contribution < 1.29 is 4.79 Å². The second-order valence-electron chi connectivity index (χ2n) is 2.76. The fourth-order valence-electron chi connectivity index (χ4n) is 0.666. The molecule has 0 radical (unpaired) electrons. The Balaban J connectivity index is 2.50. The summed E-state index contributed by atoms with van der Waals surface area (Å²) in [5.41, 5.74) is 0. The zero-order valence-electron chi connectivity index (χ0n) is 6.69. The van der Waals surface area contributed by atoms with Crippen molar-refractivity contribution in [3.05, 3.63) is 12.7 Å². The standard InChI is InChI=1S/C7H11N3O/c1-6(2)7(11)3-10-4-8-9-5-10/h4-6H,3H2,1-2H3. The third-order valence-electron chi connectivity index (χ3n) is 1.45. The molecule has 4 heteroatoms. The maximum Gasteiger partial charge on any atom is 0.155 e. The Labute approximate surface area is 65.2 Å². The molecule has 0 saturated heterocycles. The van der Waals surface area contributed by atoms with E-state index in [-0.39, 0.29) is 11.7 Å². The molecule has 1 rings (SSSR count). The van der Waals surface area contributed by atoms with Gasteiger partial charge in [0.1, 0.15) is 12.7 Å². The summed E-state index contributed by atoms with van der Waals surface area (Å²) in [7, 11) is 0. The Bertz CT molecular complexity index is 228. The van der Waals surface area contributed by atoms with Crippen LogP contribution in [-0.2, 0) is 11.3 Å². The summed E-state index contributed by atoms with van der Waals surface area (Å²) in [6.07, 6.45) is 3.08. The second kappa shape index (κ2) is 3.27. The van der Waals surface area contributed by atoms with Crippen LogP contribution in [0.1, 0.15) is 13.8 Å². The van der Waals surface area contributed by atoms with Crippen LogP contribution in [0.4, 0.5) is 0 Å². The first kappa shape index (κ1) is 7.91. The summed E-state index contributed by atoms with van der Waals surface area (Å²) in [6.45, 7) is 4.14. The van der Waals surface area contributed by atoms with Crippen molar-refractivity contribution in [1.82, 2.24) is 14.8 Å². The van der Waals surface area contributed by atoms with Crippen LogP contribution < -0.4 is 0 Å². The number of nitrogens with zero attached hydrogens (tertiary/aromatic N) is 3. The first-order valence-electron chi connectivity index (χ1n) is 3.55. The molecule has 4 nitrogen and oxygen atoms in total. The van der Waals surface area contributed by atoms with Gasteiger partial charge in [-0.1, -0.05) is 13.8 Å². The van der Waals surface area contributed by atoms with Crippen molar-refractivity contribution >= 4 is 5.78 Å². The number of rotatable bonds is 3. The van der Waals surface area contributed by atoms with Gasteiger partial charge in [0.2, 0.25) is 0 Å². The number of ketones is 1. The van der Waals surface area contributed by atoms with Crippen molar-refractivity contribution in [1.29, 1.82) is 0 Å². The summed E-state index contributed by atoms with van der Waals surface area (Å²) >= 11 is 0. The van der Waals surface area contributed by atoms with E-state index in [2.05, 4.69) is 10.2 Å². The minimum atomic E-state index is 0.0809. The van der Waals surface area contributed by atoms with E-state index in [1.165, 1.54) is 0 Å². The third-order valence-corrected chi connectivity index (χ3v) is 1.45. The molecule has 0 saturated carbocycles. The van der Waals surface area contributed by atoms with Crippen LogP contribution in [0.2, 0.25) is 0 Å². The highest BCUT2D eigenvalue weighted by molar-refractivity contribution is 5.79. The lowest BCUT2D eigenvalue weighted by molar-refractivity contribution is -0.122. The number of hydrogen-bond donors (Lipinski definition) is 0. The molecule has 0 aromatic carbocycles. The highest BCUT2D eigenvalue weighted by Crippen LogP contribution is 1.96. The molecule has 1 aromatic heterocycles. The van der Waals surface area contributed by atoms with E-state index in [0.29, 0.717) is 6.54 Å². The van der Waals surface area contributed by atoms with Gasteiger partial charge in [-0.15, -0.1) is 10.2 Å². The topological polar surface area (TPSA) is 47.8 Å². The molecule has 0 fully saturated rings. The van der Waals surface area contributed by atoms with E-state index in [1.807, 2.05) is 13.8 Å². The van der Waals surface area contributed by atoms with Crippen molar-refractivity contribution in [3.8, 4) is 0 Å². The molecule has 1 aromatic rings. The monoisotopic (exact) mass is 153 g/mol. The molecule has 11 heavy (non-hydrogen) atoms. The predicted molar refractivity (Wildman–Crippen MR) is 39.9 cm³/mol. The van der Waals surface area contributed by atoms with Crippen molar-refractivity contribution in [2.24, 2.45) is 5.92 Å². The SMILES string of the molecule is CC(C)C(=O)Cn1cnnc1. The van der Waals surface area contributed by atoms with E-state index >= 15 is 0 Å². The zero-order valence-corrected chi connectivity index (χ0v) is 6.69. The van der Waals surface area contributed by atoms with E-state index in [4.69, 9.17) is 0 Å². The number of carbonyl (C=O) groups is 1. The van der Waals surface area contributed by atoms with Gasteiger partial charge in [-0.3, -0.25) is 4.79 Å². The fraction of sp³-hybridized carbons (Fsp3) is 0.571. The highest BCUT2D eigenvalue weighted by atomic mass is 16.1. The maximum absolute atomic E-state index is 11.1. The number of aromatic nitrogens is 3. The Hall–Kier alpha value is -1.19. The summed E-state index contributed by atoms with van der Waals surface area (Å²) in [5.74, 6) is 0.280. The second-order valence-corrected chi connectivity index (χ2v) is 2.76. The number of carbonyl (C=O) groups excluding carboxylic acids is 1. The lowest BCUT2D eigenvalue weighted by Crippen LogP contribution is -2.14. The molecule has 0 amide bonds. The lowest BCUT2D eigenvalue weighted by Gasteiger charge is -2.02. The van der Waals surface area contributed by atoms with Crippen molar-refractivity contribution in [2.75, 3.05) is 0 Å². The van der Waals surface area contributed by atoms with Gasteiger partial charge >= 0.3 is 0 Å². The maximum atomic E-state index is 11.1. The van der Waals surface area contributed by atoms with Crippen molar-refractivity contribution in [3.63, 3.8) is 0 Å². The quantitative estimate of drug-likeness (QED) is 0.635. The van der Waals surface area contributed by atoms with Gasteiger partial charge in [0.15, 0.2) is 5.78 Å². The summed E-state index contributed by atoms with van der Waals surface area (Å²) in [4.78, 5) is 11.1. The lowest BCUT2D eigenvalue weighted by atomic mass is 10.1. The first-order chi connectivity index (χ1) is 5.20. The molecule has 0 unspecified atom stereocenters. The smallest absolute Gasteiger partial charge is 0.155 e. The average Bonchev–Trinajstić information content (AvgIpc) is 2.39. The number of hydrogen-bond acceptors (Lipinski definition) is 3. The van der Waals surface area contributed by atoms with Crippen LogP contribution >= 0.6 is 0 Å². The van der Waals surface area contributed by atoms with Gasteiger partial charge in [-0.2, -0.15) is 0 Å². The molecular weight excluding hydrogens is 142 g/mol. The molecule has 0 aliphatic carbocycles. The molecule has 1 heterocycles. The zero-order chi connectivity index (χ0) is 8.27. The van der Waals surface area contributed by atoms with Gasteiger partial charge in [-0.05, 0) is 0 Å². The van der Waals surface area contributed by atoms with Crippen LogP contribution in [-0.4, -0.2) is 20.5 Å². The van der Waals surface area contributed by atoms with Gasteiger partial charge in [0, 0.05) is 5.92 Å². The normalized spacial score (nSPS) is 10.5. The van der Waals surface area contributed by atoms with Gasteiger partial charge in [0.25, 0.3) is 0 Å². The Morgan fingerprint density at radius 2 is 2.00 bits per heavy atom. The summed E-state index contributed by atoms with van der Waals surface area (Å²) in [5, 5.41) is 7.19. The Morgan fingerprint density at radius 1 is 1.45 bits per heavy atom. The van der Waals surface area contributed by atoms with E-state index in [9.17, 15) is 4.79 Å². The minimum absolute atomic E-state index is 0.0809. The van der Waals surface area contributed by atoms with Crippen LogP contribution in [0.15, 0.2) is 12.7 Å². The molecule has 0 aliphatic rings. The summed E-state index contributed by atoms with van der Waals surface area (Å²) in [6, 6.07) is 0. The molecule has 0 spiro atoms. The van der Waals surface area contributed by atoms with Crippen LogP contribution in [0.5, 0.6) is 0 Å². The Morgan fingerprint density at radius 3 is 2.45 bits per heavy atom. The summed E-state index contributed by atoms with van der Waals surface area (Å²) < 4.78 is 1.67. The predicted octanol–water partition coefficient (Wildman–Crippen LogP) is 0.503. The van der Waals surface area contributed by atoms with E-state index in [0.717, 1.165) is 0 Å². The fourth-order valence-corrected chi connectivity index (χ4v) is 0.666. The number of Topliss-reactive ketones (excluding diaryl/α,β-unsaturated/α-hetero) is 1. The average molecular weight is 153 g/mol. The molecule has 0 bridgehead atoms. The minimum Gasteiger partial charge on any atom is -0.313 e. The molecule has 0 N–H and O–H groups in total. The van der Waals surface area contributed by atoms with Gasteiger partial charge in [-0.25, -0.2) is 0 Å². The van der Waals surface area contributed by atoms with Gasteiger partial charge in [0.05, 0.1) is 6.54 Å². The first-order valence-corrected chi connectivity index (χ1v) is 3.55. The van der Waals surface area contributed by atoms with E-state index < -0.39 is 0 Å².